The Hall–Kier alpha value is -3.00. The van der Waals surface area contributed by atoms with Crippen molar-refractivity contribution in [1.82, 2.24) is 0 Å². The molecule has 154 valence electrons. The van der Waals surface area contributed by atoms with E-state index < -0.39 is 29.6 Å². The topological polar surface area (TPSA) is 73.9 Å². The summed E-state index contributed by atoms with van der Waals surface area (Å²) in [6.07, 6.45) is 0.900. The van der Waals surface area contributed by atoms with Crippen LogP contribution in [-0.4, -0.2) is 37.3 Å². The largest absolute Gasteiger partial charge is 0.491 e. The molecule has 3 rings (SSSR count). The van der Waals surface area contributed by atoms with E-state index in [-0.39, 0.29) is 17.4 Å². The minimum Gasteiger partial charge on any atom is -0.491 e. The zero-order valence-electron chi connectivity index (χ0n) is 15.8. The molecule has 0 radical (unpaired) electrons. The summed E-state index contributed by atoms with van der Waals surface area (Å²) in [5, 5.41) is 2.26. The van der Waals surface area contributed by atoms with Crippen molar-refractivity contribution in [2.24, 2.45) is 0 Å². The fourth-order valence-corrected chi connectivity index (χ4v) is 2.76. The van der Waals surface area contributed by atoms with Crippen LogP contribution in [0, 0.1) is 11.6 Å². The number of nitrogens with one attached hydrogen (secondary N) is 1. The molecule has 2 aromatic carbocycles. The highest BCUT2D eigenvalue weighted by atomic mass is 19.1. The lowest BCUT2D eigenvalue weighted by Gasteiger charge is -2.14. The lowest BCUT2D eigenvalue weighted by molar-refractivity contribution is -0.123. The zero-order chi connectivity index (χ0) is 20.8. The van der Waals surface area contributed by atoms with Crippen molar-refractivity contribution >= 4 is 17.6 Å². The first-order chi connectivity index (χ1) is 13.9. The molecule has 29 heavy (non-hydrogen) atoms. The molecule has 0 saturated carbocycles. The summed E-state index contributed by atoms with van der Waals surface area (Å²) < 4.78 is 42.8. The first-order valence-corrected chi connectivity index (χ1v) is 9.24. The molecule has 1 heterocycles. The van der Waals surface area contributed by atoms with Gasteiger partial charge in [-0.3, -0.25) is 4.79 Å². The van der Waals surface area contributed by atoms with Gasteiger partial charge >= 0.3 is 5.97 Å². The molecule has 0 unspecified atom stereocenters. The molecule has 1 N–H and O–H groups in total. The van der Waals surface area contributed by atoms with Gasteiger partial charge in [0.15, 0.2) is 6.10 Å². The van der Waals surface area contributed by atoms with Gasteiger partial charge in [0.2, 0.25) is 0 Å². The monoisotopic (exact) mass is 405 g/mol. The molecule has 8 heteroatoms. The third-order valence-electron chi connectivity index (χ3n) is 4.39. The van der Waals surface area contributed by atoms with Gasteiger partial charge in [-0.05, 0) is 56.2 Å². The standard InChI is InChI=1S/C21H21F2NO5/c1-13(20(25)24-19-9-6-15(22)11-18(19)23)29-21(26)14-4-7-16(8-5-14)28-12-17-3-2-10-27-17/h4-9,11,13,17H,2-3,10,12H2,1H3,(H,24,25)/t13-,17+/m1/s1. The van der Waals surface area contributed by atoms with Crippen LogP contribution in [0.3, 0.4) is 0 Å². The quantitative estimate of drug-likeness (QED) is 0.711. The second-order valence-electron chi connectivity index (χ2n) is 6.63. The van der Waals surface area contributed by atoms with Crippen molar-refractivity contribution < 1.29 is 32.6 Å². The van der Waals surface area contributed by atoms with Crippen LogP contribution in [0.25, 0.3) is 0 Å². The van der Waals surface area contributed by atoms with Crippen LogP contribution in [0.1, 0.15) is 30.1 Å². The Bertz CT molecular complexity index is 866. The predicted molar refractivity (Wildman–Crippen MR) is 101 cm³/mol. The molecule has 2 aromatic rings. The number of anilines is 1. The van der Waals surface area contributed by atoms with Gasteiger partial charge in [0.05, 0.1) is 17.4 Å². The first-order valence-electron chi connectivity index (χ1n) is 9.24. The molecule has 1 amide bonds. The SMILES string of the molecule is C[C@@H](OC(=O)c1ccc(OC[C@@H]2CCCO2)cc1)C(=O)Nc1ccc(F)cc1F. The average Bonchev–Trinajstić information content (AvgIpc) is 3.22. The number of hydrogen-bond acceptors (Lipinski definition) is 5. The highest BCUT2D eigenvalue weighted by Crippen LogP contribution is 2.18. The van der Waals surface area contributed by atoms with Crippen LogP contribution in [-0.2, 0) is 14.3 Å². The van der Waals surface area contributed by atoms with Crippen molar-refractivity contribution in [2.45, 2.75) is 32.0 Å². The third kappa shape index (κ3) is 5.74. The number of halogens is 2. The summed E-state index contributed by atoms with van der Waals surface area (Å²) in [6, 6.07) is 9.06. The Morgan fingerprint density at radius 1 is 1.21 bits per heavy atom. The molecule has 0 aromatic heterocycles. The summed E-state index contributed by atoms with van der Waals surface area (Å²) >= 11 is 0. The number of carbonyl (C=O) groups excluding carboxylic acids is 2. The normalized spacial score (nSPS) is 16.9. The Kier molecular flexibility index (Phi) is 6.77. The second-order valence-corrected chi connectivity index (χ2v) is 6.63. The fourth-order valence-electron chi connectivity index (χ4n) is 2.76. The number of ether oxygens (including phenoxy) is 3. The van der Waals surface area contributed by atoms with Crippen LogP contribution in [0.2, 0.25) is 0 Å². The van der Waals surface area contributed by atoms with Gasteiger partial charge in [-0.25, -0.2) is 13.6 Å². The van der Waals surface area contributed by atoms with Gasteiger partial charge in [0.25, 0.3) is 5.91 Å². The van der Waals surface area contributed by atoms with Crippen LogP contribution >= 0.6 is 0 Å². The van der Waals surface area contributed by atoms with Gasteiger partial charge in [-0.2, -0.15) is 0 Å². The molecule has 1 aliphatic rings. The summed E-state index contributed by atoms with van der Waals surface area (Å²) in [6.45, 7) is 2.55. The zero-order valence-corrected chi connectivity index (χ0v) is 15.8. The van der Waals surface area contributed by atoms with Gasteiger partial charge < -0.3 is 19.5 Å². The average molecular weight is 405 g/mol. The van der Waals surface area contributed by atoms with Crippen molar-refractivity contribution in [3.63, 3.8) is 0 Å². The third-order valence-corrected chi connectivity index (χ3v) is 4.39. The van der Waals surface area contributed by atoms with Crippen molar-refractivity contribution in [1.29, 1.82) is 0 Å². The lowest BCUT2D eigenvalue weighted by atomic mass is 10.2. The van der Waals surface area contributed by atoms with Crippen molar-refractivity contribution in [3.8, 4) is 5.75 Å². The lowest BCUT2D eigenvalue weighted by Crippen LogP contribution is -2.30. The van der Waals surface area contributed by atoms with E-state index in [0.717, 1.165) is 31.6 Å². The van der Waals surface area contributed by atoms with E-state index in [1.807, 2.05) is 0 Å². The molecule has 1 fully saturated rings. The minimum absolute atomic E-state index is 0.0879. The molecule has 1 aliphatic heterocycles. The highest BCUT2D eigenvalue weighted by Gasteiger charge is 2.21. The van der Waals surface area contributed by atoms with Crippen molar-refractivity contribution in [2.75, 3.05) is 18.5 Å². The Labute approximate surface area is 166 Å². The van der Waals surface area contributed by atoms with E-state index in [9.17, 15) is 18.4 Å². The summed E-state index contributed by atoms with van der Waals surface area (Å²) in [7, 11) is 0. The van der Waals surface area contributed by atoms with E-state index in [1.54, 1.807) is 12.1 Å². The summed E-state index contributed by atoms with van der Waals surface area (Å²) in [5.41, 5.74) is 0.0362. The molecule has 2 atom stereocenters. The number of amides is 1. The van der Waals surface area contributed by atoms with Gasteiger partial charge in [-0.15, -0.1) is 0 Å². The molecule has 1 saturated heterocycles. The van der Waals surface area contributed by atoms with Crippen LogP contribution in [0.5, 0.6) is 5.75 Å². The van der Waals surface area contributed by atoms with Gasteiger partial charge in [-0.1, -0.05) is 0 Å². The van der Waals surface area contributed by atoms with Crippen molar-refractivity contribution in [3.05, 3.63) is 59.7 Å². The number of carbonyl (C=O) groups is 2. The maximum Gasteiger partial charge on any atom is 0.338 e. The van der Waals surface area contributed by atoms with Crippen LogP contribution in [0.15, 0.2) is 42.5 Å². The molecule has 6 nitrogen and oxygen atoms in total. The molecule has 0 aliphatic carbocycles. The summed E-state index contributed by atoms with van der Waals surface area (Å²) in [4.78, 5) is 24.3. The van der Waals surface area contributed by atoms with E-state index in [1.165, 1.54) is 19.1 Å². The van der Waals surface area contributed by atoms with Crippen LogP contribution < -0.4 is 10.1 Å². The van der Waals surface area contributed by atoms with E-state index in [2.05, 4.69) is 5.32 Å². The molecule has 0 bridgehead atoms. The van der Waals surface area contributed by atoms with Crippen LogP contribution in [0.4, 0.5) is 14.5 Å². The number of rotatable bonds is 7. The van der Waals surface area contributed by atoms with Gasteiger partial charge in [0.1, 0.15) is 24.0 Å². The Morgan fingerprint density at radius 2 is 1.97 bits per heavy atom. The minimum atomic E-state index is -1.18. The number of esters is 1. The van der Waals surface area contributed by atoms with E-state index >= 15 is 0 Å². The maximum absolute atomic E-state index is 13.6. The molecule has 0 spiro atoms. The predicted octanol–water partition coefficient (Wildman–Crippen LogP) is 3.71. The van der Waals surface area contributed by atoms with E-state index in [4.69, 9.17) is 14.2 Å². The maximum atomic E-state index is 13.6. The number of benzene rings is 2. The number of hydrogen-bond donors (Lipinski definition) is 1. The second kappa shape index (κ2) is 9.47. The van der Waals surface area contributed by atoms with E-state index in [0.29, 0.717) is 18.4 Å². The highest BCUT2D eigenvalue weighted by molar-refractivity contribution is 5.97. The summed E-state index contributed by atoms with van der Waals surface area (Å²) in [5.74, 6) is -2.54. The Morgan fingerprint density at radius 3 is 2.62 bits per heavy atom. The smallest absolute Gasteiger partial charge is 0.338 e. The Balaban J connectivity index is 1.51. The fraction of sp³-hybridized carbons (Fsp3) is 0.333. The molecular weight excluding hydrogens is 384 g/mol. The van der Waals surface area contributed by atoms with Gasteiger partial charge in [0, 0.05) is 12.7 Å². The first kappa shape index (κ1) is 20.7. The molecular formula is C21H21F2NO5.